The van der Waals surface area contributed by atoms with Crippen LogP contribution in [0.25, 0.3) is 0 Å². The molecule has 1 amide bonds. The van der Waals surface area contributed by atoms with Gasteiger partial charge in [-0.3, -0.25) is 14.4 Å². The van der Waals surface area contributed by atoms with Crippen molar-refractivity contribution in [1.29, 1.82) is 0 Å². The van der Waals surface area contributed by atoms with Crippen LogP contribution in [0.5, 0.6) is 0 Å². The van der Waals surface area contributed by atoms with E-state index in [2.05, 4.69) is 5.32 Å². The number of anilines is 1. The minimum atomic E-state index is -1.37. The van der Waals surface area contributed by atoms with Crippen molar-refractivity contribution in [2.24, 2.45) is 5.92 Å². The van der Waals surface area contributed by atoms with Gasteiger partial charge in [-0.05, 0) is 55.7 Å². The largest absolute Gasteiger partial charge is 0.465 e. The average Bonchev–Trinajstić information content (AvgIpc) is 3.06. The molecule has 0 aromatic heterocycles. The molecule has 1 aliphatic heterocycles. The van der Waals surface area contributed by atoms with Crippen molar-refractivity contribution in [3.63, 3.8) is 0 Å². The SMILES string of the molecule is CCOC(=O)C1C(=O)CN(c2ccc(CC(C)NCC(O)c3cccc(Cl)c3)cc2)C1=O. The van der Waals surface area contributed by atoms with Gasteiger partial charge < -0.3 is 20.1 Å². The Balaban J connectivity index is 1.55. The molecular weight excluding hydrogens is 432 g/mol. The Morgan fingerprint density at radius 3 is 2.62 bits per heavy atom. The molecule has 2 N–H and O–H groups in total. The van der Waals surface area contributed by atoms with E-state index in [0.717, 1.165) is 11.1 Å². The number of benzene rings is 2. The first-order chi connectivity index (χ1) is 15.3. The third-order valence-corrected chi connectivity index (χ3v) is 5.59. The van der Waals surface area contributed by atoms with Crippen molar-refractivity contribution in [1.82, 2.24) is 5.32 Å². The Morgan fingerprint density at radius 1 is 1.25 bits per heavy atom. The van der Waals surface area contributed by atoms with Crippen LogP contribution in [0.2, 0.25) is 5.02 Å². The van der Waals surface area contributed by atoms with E-state index in [1.54, 1.807) is 37.3 Å². The van der Waals surface area contributed by atoms with Crippen LogP contribution in [0.15, 0.2) is 48.5 Å². The molecule has 1 heterocycles. The van der Waals surface area contributed by atoms with Crippen molar-refractivity contribution in [2.75, 3.05) is 24.6 Å². The number of ketones is 1. The van der Waals surface area contributed by atoms with Crippen molar-refractivity contribution >= 4 is 34.9 Å². The molecule has 1 aliphatic rings. The van der Waals surface area contributed by atoms with Gasteiger partial charge in [-0.1, -0.05) is 35.9 Å². The molecule has 32 heavy (non-hydrogen) atoms. The maximum Gasteiger partial charge on any atom is 0.326 e. The predicted octanol–water partition coefficient (Wildman–Crippen LogP) is 2.69. The van der Waals surface area contributed by atoms with Crippen LogP contribution in [-0.2, 0) is 25.5 Å². The first kappa shape index (κ1) is 23.9. The van der Waals surface area contributed by atoms with Crippen LogP contribution in [0, 0.1) is 5.92 Å². The number of Topliss-reactive ketones (excluding diaryl/α,β-unsaturated/α-hetero) is 1. The third-order valence-electron chi connectivity index (χ3n) is 5.35. The minimum absolute atomic E-state index is 0.0953. The van der Waals surface area contributed by atoms with E-state index in [1.165, 1.54) is 4.90 Å². The fourth-order valence-corrected chi connectivity index (χ4v) is 3.88. The third kappa shape index (κ3) is 5.73. The maximum absolute atomic E-state index is 12.5. The topological polar surface area (TPSA) is 95.9 Å². The van der Waals surface area contributed by atoms with E-state index in [-0.39, 0.29) is 19.2 Å². The van der Waals surface area contributed by atoms with Crippen LogP contribution in [-0.4, -0.2) is 48.5 Å². The van der Waals surface area contributed by atoms with Crippen molar-refractivity contribution < 1.29 is 24.2 Å². The number of nitrogens with zero attached hydrogens (tertiary/aromatic N) is 1. The van der Waals surface area contributed by atoms with E-state index >= 15 is 0 Å². The highest BCUT2D eigenvalue weighted by molar-refractivity contribution is 6.30. The van der Waals surface area contributed by atoms with Gasteiger partial charge in [0.1, 0.15) is 0 Å². The van der Waals surface area contributed by atoms with E-state index in [0.29, 0.717) is 23.7 Å². The minimum Gasteiger partial charge on any atom is -0.465 e. The Bertz CT molecular complexity index is 979. The smallest absolute Gasteiger partial charge is 0.326 e. The lowest BCUT2D eigenvalue weighted by molar-refractivity contribution is -0.152. The Labute approximate surface area is 192 Å². The number of nitrogens with one attached hydrogen (secondary N) is 1. The van der Waals surface area contributed by atoms with Gasteiger partial charge in [0.25, 0.3) is 0 Å². The molecule has 0 radical (unpaired) electrons. The van der Waals surface area contributed by atoms with E-state index in [4.69, 9.17) is 16.3 Å². The van der Waals surface area contributed by atoms with Crippen LogP contribution in [0.3, 0.4) is 0 Å². The molecule has 0 aliphatic carbocycles. The van der Waals surface area contributed by atoms with Gasteiger partial charge in [-0.2, -0.15) is 0 Å². The first-order valence-corrected chi connectivity index (χ1v) is 10.9. The van der Waals surface area contributed by atoms with Gasteiger partial charge >= 0.3 is 5.97 Å². The number of ether oxygens (including phenoxy) is 1. The molecule has 0 saturated carbocycles. The molecule has 3 unspecified atom stereocenters. The second kappa shape index (κ2) is 10.7. The summed E-state index contributed by atoms with van der Waals surface area (Å²) in [5, 5.41) is 14.2. The molecule has 2 aromatic rings. The van der Waals surface area contributed by atoms with Crippen molar-refractivity contribution in [2.45, 2.75) is 32.4 Å². The number of hydrogen-bond acceptors (Lipinski definition) is 6. The maximum atomic E-state index is 12.5. The highest BCUT2D eigenvalue weighted by atomic mass is 35.5. The van der Waals surface area contributed by atoms with Gasteiger partial charge in [0.2, 0.25) is 5.91 Å². The zero-order chi connectivity index (χ0) is 23.3. The molecular formula is C24H27ClN2O5. The number of amides is 1. The van der Waals surface area contributed by atoms with E-state index in [1.807, 2.05) is 25.1 Å². The fourth-order valence-electron chi connectivity index (χ4n) is 3.68. The summed E-state index contributed by atoms with van der Waals surface area (Å²) in [7, 11) is 0. The normalized spacial score (nSPS) is 18.0. The molecule has 7 nitrogen and oxygen atoms in total. The second-order valence-electron chi connectivity index (χ2n) is 7.83. The Hall–Kier alpha value is -2.74. The Kier molecular flexibility index (Phi) is 8.01. The van der Waals surface area contributed by atoms with Crippen LogP contribution >= 0.6 is 11.6 Å². The van der Waals surface area contributed by atoms with Crippen molar-refractivity contribution in [3.05, 3.63) is 64.7 Å². The van der Waals surface area contributed by atoms with Crippen LogP contribution in [0.4, 0.5) is 5.69 Å². The number of carbonyl (C=O) groups is 3. The zero-order valence-corrected chi connectivity index (χ0v) is 18.8. The summed E-state index contributed by atoms with van der Waals surface area (Å²) in [5.74, 6) is -3.16. The molecule has 8 heteroatoms. The standard InChI is InChI=1S/C24H27ClN2O5/c1-3-32-24(31)22-21(29)14-27(23(22)30)19-9-7-16(8-10-19)11-15(2)26-13-20(28)17-5-4-6-18(25)12-17/h4-10,12,15,20,22,26,28H,3,11,13-14H2,1-2H3. The van der Waals surface area contributed by atoms with Gasteiger partial charge in [-0.25, -0.2) is 0 Å². The lowest BCUT2D eigenvalue weighted by Crippen LogP contribution is -2.32. The van der Waals surface area contributed by atoms with Gasteiger partial charge in [0.15, 0.2) is 11.7 Å². The molecule has 3 rings (SSSR count). The zero-order valence-electron chi connectivity index (χ0n) is 18.1. The molecule has 1 fully saturated rings. The molecule has 170 valence electrons. The molecule has 1 saturated heterocycles. The van der Waals surface area contributed by atoms with Gasteiger partial charge in [0.05, 0.1) is 19.3 Å². The summed E-state index contributed by atoms with van der Waals surface area (Å²) in [6.07, 6.45) is 0.0468. The summed E-state index contributed by atoms with van der Waals surface area (Å²) in [6.45, 7) is 4.02. The van der Waals surface area contributed by atoms with Crippen LogP contribution in [0.1, 0.15) is 31.1 Å². The Morgan fingerprint density at radius 2 is 1.97 bits per heavy atom. The predicted molar refractivity (Wildman–Crippen MR) is 122 cm³/mol. The van der Waals surface area contributed by atoms with E-state index in [9.17, 15) is 19.5 Å². The lowest BCUT2D eigenvalue weighted by atomic mass is 10.1. The number of hydrogen-bond donors (Lipinski definition) is 2. The molecule has 0 bridgehead atoms. The quantitative estimate of drug-likeness (QED) is 0.443. The van der Waals surface area contributed by atoms with Crippen molar-refractivity contribution in [3.8, 4) is 0 Å². The van der Waals surface area contributed by atoms with E-state index < -0.39 is 29.7 Å². The van der Waals surface area contributed by atoms with Gasteiger partial charge in [0, 0.05) is 23.3 Å². The van der Waals surface area contributed by atoms with Gasteiger partial charge in [-0.15, -0.1) is 0 Å². The summed E-state index contributed by atoms with van der Waals surface area (Å²) in [4.78, 5) is 37.9. The highest BCUT2D eigenvalue weighted by Gasteiger charge is 2.45. The monoisotopic (exact) mass is 458 g/mol. The summed E-state index contributed by atoms with van der Waals surface area (Å²) in [5.41, 5.74) is 2.36. The number of esters is 1. The average molecular weight is 459 g/mol. The lowest BCUT2D eigenvalue weighted by Gasteiger charge is -2.19. The first-order valence-electron chi connectivity index (χ1n) is 10.6. The number of aliphatic hydroxyl groups excluding tert-OH is 1. The number of rotatable bonds is 9. The number of halogens is 1. The molecule has 0 spiro atoms. The highest BCUT2D eigenvalue weighted by Crippen LogP contribution is 2.25. The molecule has 3 atom stereocenters. The number of aliphatic hydroxyl groups is 1. The second-order valence-corrected chi connectivity index (χ2v) is 8.26. The molecule has 2 aromatic carbocycles. The number of carbonyl (C=O) groups excluding carboxylic acids is 3. The summed E-state index contributed by atoms with van der Waals surface area (Å²) < 4.78 is 4.85. The summed E-state index contributed by atoms with van der Waals surface area (Å²) in [6, 6.07) is 14.5. The van der Waals surface area contributed by atoms with Crippen LogP contribution < -0.4 is 10.2 Å². The fraction of sp³-hybridized carbons (Fsp3) is 0.375. The summed E-state index contributed by atoms with van der Waals surface area (Å²) >= 11 is 5.98.